The molecule has 1 aliphatic rings. The second-order valence-corrected chi connectivity index (χ2v) is 4.78. The summed E-state index contributed by atoms with van der Waals surface area (Å²) in [5.74, 6) is 0.751. The highest BCUT2D eigenvalue weighted by atomic mass is 16.4. The van der Waals surface area contributed by atoms with Crippen molar-refractivity contribution in [3.05, 3.63) is 18.2 Å². The van der Waals surface area contributed by atoms with E-state index in [1.165, 1.54) is 0 Å². The SMILES string of the molecule is Cc1nnc2c(N3CCCC3CC(=O)O)nccn12. The summed E-state index contributed by atoms with van der Waals surface area (Å²) in [7, 11) is 0. The predicted molar refractivity (Wildman–Crippen MR) is 68.1 cm³/mol. The van der Waals surface area contributed by atoms with Crippen molar-refractivity contribution in [3.8, 4) is 0 Å². The Morgan fingerprint density at radius 1 is 1.53 bits per heavy atom. The minimum absolute atomic E-state index is 0.00629. The second-order valence-electron chi connectivity index (χ2n) is 4.78. The van der Waals surface area contributed by atoms with Crippen LogP contribution in [0.15, 0.2) is 12.4 Å². The normalized spacial score (nSPS) is 19.2. The lowest BCUT2D eigenvalue weighted by molar-refractivity contribution is -0.137. The van der Waals surface area contributed by atoms with Gasteiger partial charge in [-0.25, -0.2) is 4.98 Å². The molecule has 1 fully saturated rings. The molecule has 0 aromatic carbocycles. The number of anilines is 1. The molecule has 0 saturated carbocycles. The first kappa shape index (κ1) is 11.9. The van der Waals surface area contributed by atoms with E-state index in [1.807, 2.05) is 22.4 Å². The van der Waals surface area contributed by atoms with Crippen LogP contribution in [0.5, 0.6) is 0 Å². The minimum Gasteiger partial charge on any atom is -0.481 e. The summed E-state index contributed by atoms with van der Waals surface area (Å²) in [6.45, 7) is 2.69. The zero-order valence-electron chi connectivity index (χ0n) is 10.7. The summed E-state index contributed by atoms with van der Waals surface area (Å²) < 4.78 is 1.87. The van der Waals surface area contributed by atoms with E-state index in [0.717, 1.165) is 31.0 Å². The molecule has 1 N–H and O–H groups in total. The van der Waals surface area contributed by atoms with Crippen molar-refractivity contribution >= 4 is 17.4 Å². The maximum atomic E-state index is 10.9. The van der Waals surface area contributed by atoms with E-state index in [-0.39, 0.29) is 12.5 Å². The zero-order valence-corrected chi connectivity index (χ0v) is 10.7. The van der Waals surface area contributed by atoms with Gasteiger partial charge < -0.3 is 10.0 Å². The van der Waals surface area contributed by atoms with Crippen molar-refractivity contribution < 1.29 is 9.90 Å². The van der Waals surface area contributed by atoms with Gasteiger partial charge in [0.15, 0.2) is 5.82 Å². The topological polar surface area (TPSA) is 83.6 Å². The molecule has 100 valence electrons. The molecule has 7 heteroatoms. The van der Waals surface area contributed by atoms with Gasteiger partial charge in [-0.1, -0.05) is 0 Å². The lowest BCUT2D eigenvalue weighted by Gasteiger charge is -2.24. The highest BCUT2D eigenvalue weighted by Crippen LogP contribution is 2.28. The molecule has 2 aromatic heterocycles. The fourth-order valence-corrected chi connectivity index (χ4v) is 2.66. The second kappa shape index (κ2) is 4.49. The van der Waals surface area contributed by atoms with Crippen molar-refractivity contribution in [2.45, 2.75) is 32.2 Å². The number of carboxylic acids is 1. The number of fused-ring (bicyclic) bond motifs is 1. The summed E-state index contributed by atoms with van der Waals surface area (Å²) in [5.41, 5.74) is 0.692. The number of aliphatic carboxylic acids is 1. The molecule has 0 spiro atoms. The summed E-state index contributed by atoms with van der Waals surface area (Å²) in [6.07, 6.45) is 5.51. The first-order valence-corrected chi connectivity index (χ1v) is 6.31. The van der Waals surface area contributed by atoms with E-state index in [4.69, 9.17) is 5.11 Å². The third-order valence-corrected chi connectivity index (χ3v) is 3.54. The summed E-state index contributed by atoms with van der Waals surface area (Å²) in [4.78, 5) is 17.3. The van der Waals surface area contributed by atoms with Gasteiger partial charge in [0.2, 0.25) is 5.65 Å². The van der Waals surface area contributed by atoms with Gasteiger partial charge in [-0.3, -0.25) is 9.20 Å². The number of aryl methyl sites for hydroxylation is 1. The van der Waals surface area contributed by atoms with E-state index in [2.05, 4.69) is 15.2 Å². The average molecular weight is 261 g/mol. The van der Waals surface area contributed by atoms with Gasteiger partial charge in [0.25, 0.3) is 0 Å². The average Bonchev–Trinajstić information content (AvgIpc) is 2.96. The van der Waals surface area contributed by atoms with Crippen LogP contribution in [-0.4, -0.2) is 43.2 Å². The molecule has 1 saturated heterocycles. The number of carbonyl (C=O) groups is 1. The summed E-state index contributed by atoms with van der Waals surface area (Å²) >= 11 is 0. The Morgan fingerprint density at radius 3 is 3.16 bits per heavy atom. The molecule has 2 aromatic rings. The van der Waals surface area contributed by atoms with E-state index in [9.17, 15) is 4.79 Å². The number of hydrogen-bond acceptors (Lipinski definition) is 5. The highest BCUT2D eigenvalue weighted by molar-refractivity contribution is 5.70. The molecule has 3 rings (SSSR count). The zero-order chi connectivity index (χ0) is 13.4. The van der Waals surface area contributed by atoms with Crippen LogP contribution in [0, 0.1) is 6.92 Å². The molecule has 0 aliphatic carbocycles. The number of nitrogens with zero attached hydrogens (tertiary/aromatic N) is 5. The van der Waals surface area contributed by atoms with Gasteiger partial charge in [-0.05, 0) is 19.8 Å². The summed E-state index contributed by atoms with van der Waals surface area (Å²) in [5, 5.41) is 17.2. The Kier molecular flexibility index (Phi) is 2.81. The molecule has 1 atom stereocenters. The van der Waals surface area contributed by atoms with Crippen LogP contribution >= 0.6 is 0 Å². The van der Waals surface area contributed by atoms with Crippen LogP contribution in [0.1, 0.15) is 25.1 Å². The molecule has 3 heterocycles. The van der Waals surface area contributed by atoms with Crippen LogP contribution < -0.4 is 4.90 Å². The van der Waals surface area contributed by atoms with Crippen LogP contribution in [0.3, 0.4) is 0 Å². The Hall–Kier alpha value is -2.18. The molecule has 1 unspecified atom stereocenters. The molecular weight excluding hydrogens is 246 g/mol. The van der Waals surface area contributed by atoms with Crippen molar-refractivity contribution in [2.75, 3.05) is 11.4 Å². The quantitative estimate of drug-likeness (QED) is 0.882. The van der Waals surface area contributed by atoms with Crippen LogP contribution in [0.25, 0.3) is 5.65 Å². The lowest BCUT2D eigenvalue weighted by atomic mass is 10.1. The van der Waals surface area contributed by atoms with Crippen LogP contribution in [-0.2, 0) is 4.79 Å². The fourth-order valence-electron chi connectivity index (χ4n) is 2.66. The molecule has 1 aliphatic heterocycles. The Balaban J connectivity index is 2.01. The molecule has 0 radical (unpaired) electrons. The van der Waals surface area contributed by atoms with Gasteiger partial charge >= 0.3 is 5.97 Å². The van der Waals surface area contributed by atoms with Gasteiger partial charge in [0, 0.05) is 25.0 Å². The van der Waals surface area contributed by atoms with Gasteiger partial charge in [-0.15, -0.1) is 10.2 Å². The Labute approximate surface area is 109 Å². The Morgan fingerprint density at radius 2 is 2.37 bits per heavy atom. The standard InChI is InChI=1S/C12H15N5O2/c1-8-14-15-12-11(13-4-6-16(8)12)17-5-2-3-9(17)7-10(18)19/h4,6,9H,2-3,5,7H2,1H3,(H,18,19). The first-order valence-electron chi connectivity index (χ1n) is 6.31. The maximum absolute atomic E-state index is 10.9. The van der Waals surface area contributed by atoms with E-state index >= 15 is 0 Å². The van der Waals surface area contributed by atoms with Gasteiger partial charge in [0.05, 0.1) is 6.42 Å². The first-order chi connectivity index (χ1) is 9.16. The van der Waals surface area contributed by atoms with Crippen molar-refractivity contribution in [3.63, 3.8) is 0 Å². The third kappa shape index (κ3) is 2.00. The predicted octanol–water partition coefficient (Wildman–Crippen LogP) is 0.876. The molecule has 7 nitrogen and oxygen atoms in total. The van der Waals surface area contributed by atoms with Crippen molar-refractivity contribution in [1.82, 2.24) is 19.6 Å². The molecule has 0 amide bonds. The molecule has 19 heavy (non-hydrogen) atoms. The van der Waals surface area contributed by atoms with Crippen molar-refractivity contribution in [2.24, 2.45) is 0 Å². The minimum atomic E-state index is -0.776. The van der Waals surface area contributed by atoms with Gasteiger partial charge in [-0.2, -0.15) is 0 Å². The maximum Gasteiger partial charge on any atom is 0.305 e. The smallest absolute Gasteiger partial charge is 0.305 e. The third-order valence-electron chi connectivity index (χ3n) is 3.54. The van der Waals surface area contributed by atoms with Crippen LogP contribution in [0.2, 0.25) is 0 Å². The number of rotatable bonds is 3. The fraction of sp³-hybridized carbons (Fsp3) is 0.500. The van der Waals surface area contributed by atoms with Crippen molar-refractivity contribution in [1.29, 1.82) is 0 Å². The van der Waals surface area contributed by atoms with Crippen LogP contribution in [0.4, 0.5) is 5.82 Å². The molecule has 0 bridgehead atoms. The number of hydrogen-bond donors (Lipinski definition) is 1. The molecular formula is C12H15N5O2. The van der Waals surface area contributed by atoms with E-state index < -0.39 is 5.97 Å². The largest absolute Gasteiger partial charge is 0.481 e. The number of carboxylic acid groups (broad SMARTS) is 1. The van der Waals surface area contributed by atoms with Gasteiger partial charge in [0.1, 0.15) is 5.82 Å². The Bertz CT molecular complexity index is 624. The highest BCUT2D eigenvalue weighted by Gasteiger charge is 2.29. The summed E-state index contributed by atoms with van der Waals surface area (Å²) in [6, 6.07) is -0.00629. The van der Waals surface area contributed by atoms with E-state index in [1.54, 1.807) is 6.20 Å². The monoisotopic (exact) mass is 261 g/mol. The number of aromatic nitrogens is 4. The van der Waals surface area contributed by atoms with E-state index in [0.29, 0.717) is 5.65 Å². The lowest BCUT2D eigenvalue weighted by Crippen LogP contribution is -2.32.